The third kappa shape index (κ3) is 2.93. The van der Waals surface area contributed by atoms with E-state index >= 15 is 0 Å². The fourth-order valence-corrected chi connectivity index (χ4v) is 5.22. The van der Waals surface area contributed by atoms with Crippen molar-refractivity contribution in [3.63, 3.8) is 0 Å². The minimum Gasteiger partial charge on any atom is -0.313 e. The molecular weight excluding hydrogens is 230 g/mol. The van der Waals surface area contributed by atoms with E-state index in [1.165, 1.54) is 12.8 Å². The fourth-order valence-electron chi connectivity index (χ4n) is 3.29. The Kier molecular flexibility index (Phi) is 3.99. The summed E-state index contributed by atoms with van der Waals surface area (Å²) >= 11 is 0. The highest BCUT2D eigenvalue weighted by atomic mass is 32.2. The summed E-state index contributed by atoms with van der Waals surface area (Å²) in [5.74, 6) is 0.736. The Morgan fingerprint density at radius 1 is 1.18 bits per heavy atom. The fraction of sp³-hybridized carbons (Fsp3) is 1.00. The summed E-state index contributed by atoms with van der Waals surface area (Å²) in [6, 6.07) is 0.513. The minimum atomic E-state index is -0.637. The van der Waals surface area contributed by atoms with Crippen LogP contribution in [0.5, 0.6) is 0 Å². The molecule has 5 atom stereocenters. The van der Waals surface area contributed by atoms with Crippen LogP contribution in [0.25, 0.3) is 0 Å². The van der Waals surface area contributed by atoms with Crippen molar-refractivity contribution in [3.05, 3.63) is 0 Å². The standard InChI is InChI=1S/C14H27NOS/c1-10-7-8-15-12-6-5-11(14(2,3)4)9-13(12)17(10)16/h10-13,15H,5-9H2,1-4H3. The Hall–Kier alpha value is 0.110. The van der Waals surface area contributed by atoms with Crippen LogP contribution in [0.2, 0.25) is 0 Å². The van der Waals surface area contributed by atoms with Crippen LogP contribution >= 0.6 is 0 Å². The van der Waals surface area contributed by atoms with Crippen molar-refractivity contribution in [1.29, 1.82) is 0 Å². The molecule has 2 fully saturated rings. The van der Waals surface area contributed by atoms with E-state index in [-0.39, 0.29) is 0 Å². The molecule has 0 aromatic carbocycles. The van der Waals surface area contributed by atoms with Gasteiger partial charge in [-0.05, 0) is 43.6 Å². The Balaban J connectivity index is 2.12. The van der Waals surface area contributed by atoms with Gasteiger partial charge in [-0.1, -0.05) is 27.7 Å². The summed E-state index contributed by atoms with van der Waals surface area (Å²) in [5.41, 5.74) is 0.366. The number of rotatable bonds is 0. The maximum absolute atomic E-state index is 12.5. The molecule has 1 N–H and O–H groups in total. The Morgan fingerprint density at radius 2 is 1.88 bits per heavy atom. The summed E-state index contributed by atoms with van der Waals surface area (Å²) in [6.07, 6.45) is 4.73. The van der Waals surface area contributed by atoms with Crippen LogP contribution in [0.15, 0.2) is 0 Å². The first kappa shape index (κ1) is 13.5. The minimum absolute atomic E-state index is 0.366. The van der Waals surface area contributed by atoms with Crippen LogP contribution in [0, 0.1) is 11.3 Å². The Morgan fingerprint density at radius 3 is 2.53 bits per heavy atom. The van der Waals surface area contributed by atoms with Crippen LogP contribution in [-0.4, -0.2) is 27.3 Å². The molecule has 0 amide bonds. The van der Waals surface area contributed by atoms with Gasteiger partial charge in [0.25, 0.3) is 0 Å². The maximum Gasteiger partial charge on any atom is 0.0506 e. The lowest BCUT2D eigenvalue weighted by molar-refractivity contribution is 0.165. The predicted octanol–water partition coefficient (Wildman–Crippen LogP) is 2.70. The first-order chi connectivity index (χ1) is 7.89. The molecule has 17 heavy (non-hydrogen) atoms. The first-order valence-electron chi connectivity index (χ1n) is 7.02. The highest BCUT2D eigenvalue weighted by molar-refractivity contribution is 7.86. The highest BCUT2D eigenvalue weighted by Crippen LogP contribution is 2.40. The average Bonchev–Trinajstić information content (AvgIpc) is 2.39. The number of fused-ring (bicyclic) bond motifs is 1. The molecule has 2 aliphatic rings. The van der Waals surface area contributed by atoms with Gasteiger partial charge in [0, 0.05) is 22.1 Å². The van der Waals surface area contributed by atoms with E-state index in [2.05, 4.69) is 33.0 Å². The average molecular weight is 257 g/mol. The van der Waals surface area contributed by atoms with Gasteiger partial charge in [-0.2, -0.15) is 0 Å². The van der Waals surface area contributed by atoms with Crippen molar-refractivity contribution < 1.29 is 4.21 Å². The van der Waals surface area contributed by atoms with E-state index < -0.39 is 10.8 Å². The van der Waals surface area contributed by atoms with Crippen molar-refractivity contribution in [2.24, 2.45) is 11.3 Å². The molecule has 100 valence electrons. The molecule has 0 bridgehead atoms. The lowest BCUT2D eigenvalue weighted by Crippen LogP contribution is -2.47. The molecule has 1 aliphatic carbocycles. The van der Waals surface area contributed by atoms with E-state index in [0.717, 1.165) is 25.3 Å². The van der Waals surface area contributed by atoms with Crippen LogP contribution in [0.4, 0.5) is 0 Å². The molecule has 2 nitrogen and oxygen atoms in total. The molecule has 1 saturated carbocycles. The molecule has 1 heterocycles. The van der Waals surface area contributed by atoms with Gasteiger partial charge in [-0.3, -0.25) is 4.21 Å². The molecule has 5 unspecified atom stereocenters. The molecule has 0 radical (unpaired) electrons. The van der Waals surface area contributed by atoms with Gasteiger partial charge in [-0.15, -0.1) is 0 Å². The Labute approximate surface area is 108 Å². The van der Waals surface area contributed by atoms with Crippen molar-refractivity contribution in [3.8, 4) is 0 Å². The molecule has 0 aromatic heterocycles. The van der Waals surface area contributed by atoms with Gasteiger partial charge in [0.15, 0.2) is 0 Å². The SMILES string of the molecule is CC1CCNC2CCC(C(C)(C)C)CC2S1=O. The topological polar surface area (TPSA) is 29.1 Å². The van der Waals surface area contributed by atoms with Gasteiger partial charge in [-0.25, -0.2) is 0 Å². The molecule has 2 rings (SSSR count). The van der Waals surface area contributed by atoms with Crippen LogP contribution < -0.4 is 5.32 Å². The smallest absolute Gasteiger partial charge is 0.0506 e. The van der Waals surface area contributed by atoms with Crippen LogP contribution in [0.3, 0.4) is 0 Å². The summed E-state index contributed by atoms with van der Waals surface area (Å²) < 4.78 is 12.5. The summed E-state index contributed by atoms with van der Waals surface area (Å²) in [5, 5.41) is 4.39. The number of nitrogens with one attached hydrogen (secondary N) is 1. The molecule has 3 heteroatoms. The van der Waals surface area contributed by atoms with Crippen molar-refractivity contribution in [2.75, 3.05) is 6.54 Å². The van der Waals surface area contributed by atoms with Gasteiger partial charge in [0.2, 0.25) is 0 Å². The largest absolute Gasteiger partial charge is 0.313 e. The molecule has 0 aromatic rings. The molecule has 1 aliphatic heterocycles. The zero-order valence-corrected chi connectivity index (χ0v) is 12.5. The number of hydrogen-bond acceptors (Lipinski definition) is 2. The molecular formula is C14H27NOS. The van der Waals surface area contributed by atoms with Gasteiger partial charge in [0.1, 0.15) is 0 Å². The zero-order chi connectivity index (χ0) is 12.6. The van der Waals surface area contributed by atoms with E-state index in [1.807, 2.05) is 0 Å². The second kappa shape index (κ2) is 5.00. The van der Waals surface area contributed by atoms with Crippen molar-refractivity contribution in [1.82, 2.24) is 5.32 Å². The Bertz CT molecular complexity index is 297. The lowest BCUT2D eigenvalue weighted by atomic mass is 9.71. The van der Waals surface area contributed by atoms with Crippen LogP contribution in [-0.2, 0) is 10.8 Å². The monoisotopic (exact) mass is 257 g/mol. The van der Waals surface area contributed by atoms with Gasteiger partial charge >= 0.3 is 0 Å². The quantitative estimate of drug-likeness (QED) is 0.723. The van der Waals surface area contributed by atoms with Crippen LogP contribution in [0.1, 0.15) is 53.4 Å². The lowest BCUT2D eigenvalue weighted by Gasteiger charge is -2.41. The van der Waals surface area contributed by atoms with E-state index in [1.54, 1.807) is 0 Å². The summed E-state index contributed by atoms with van der Waals surface area (Å²) in [7, 11) is -0.637. The molecule has 1 saturated heterocycles. The van der Waals surface area contributed by atoms with Crippen molar-refractivity contribution >= 4 is 10.8 Å². The zero-order valence-electron chi connectivity index (χ0n) is 11.7. The third-order valence-corrected chi connectivity index (χ3v) is 6.82. The maximum atomic E-state index is 12.5. The highest BCUT2D eigenvalue weighted by Gasteiger charge is 2.40. The van der Waals surface area contributed by atoms with Crippen molar-refractivity contribution in [2.45, 2.75) is 69.9 Å². The predicted molar refractivity (Wildman–Crippen MR) is 74.6 cm³/mol. The third-order valence-electron chi connectivity index (χ3n) is 4.67. The second-order valence-electron chi connectivity index (χ2n) is 6.90. The van der Waals surface area contributed by atoms with E-state index in [9.17, 15) is 4.21 Å². The summed E-state index contributed by atoms with van der Waals surface area (Å²) in [6.45, 7) is 10.2. The van der Waals surface area contributed by atoms with E-state index in [0.29, 0.717) is 22.0 Å². The first-order valence-corrected chi connectivity index (χ1v) is 8.30. The van der Waals surface area contributed by atoms with Gasteiger partial charge in [0.05, 0.1) is 5.25 Å². The van der Waals surface area contributed by atoms with E-state index in [4.69, 9.17) is 0 Å². The normalized spacial score (nSPS) is 43.9. The van der Waals surface area contributed by atoms with Gasteiger partial charge < -0.3 is 5.32 Å². The molecule has 0 spiro atoms. The number of hydrogen-bond donors (Lipinski definition) is 1. The summed E-state index contributed by atoms with van der Waals surface area (Å²) in [4.78, 5) is 0. The second-order valence-corrected chi connectivity index (χ2v) is 8.97.